The number of benzene rings is 1. The smallest absolute Gasteiger partial charge is 0.407 e. The molecule has 1 aromatic carbocycles. The lowest BCUT2D eigenvalue weighted by Crippen LogP contribution is -2.41. The summed E-state index contributed by atoms with van der Waals surface area (Å²) < 4.78 is 41.4. The first-order chi connectivity index (χ1) is 17.1. The standard InChI is InChI=1S/C26H39N5O5S/c1-16(2)27-24(32)36-17-12-21(35-15-17)20-13-23(29-31(20)26(6,7)8)28-19-10-9-11-22-18(19)14-30(25(3,4)5)37(22,33)34/h9-11,13,16-17,21H,12,14-15H2,1-8H3,(H,27,32)(H,28,29). The summed E-state index contributed by atoms with van der Waals surface area (Å²) in [5.41, 5.74) is 1.42. The fourth-order valence-electron chi connectivity index (χ4n) is 4.70. The number of nitrogens with zero attached hydrogens (tertiary/aromatic N) is 3. The van der Waals surface area contributed by atoms with Gasteiger partial charge in [0, 0.05) is 41.9 Å². The third-order valence-corrected chi connectivity index (χ3v) is 8.55. The molecule has 11 heteroatoms. The van der Waals surface area contributed by atoms with E-state index < -0.39 is 21.7 Å². The zero-order valence-electron chi connectivity index (χ0n) is 23.0. The number of hydrogen-bond donors (Lipinski definition) is 2. The number of ether oxygens (including phenoxy) is 2. The molecule has 3 heterocycles. The lowest BCUT2D eigenvalue weighted by atomic mass is 10.1. The Labute approximate surface area is 219 Å². The molecule has 0 radical (unpaired) electrons. The second kappa shape index (κ2) is 9.59. The number of alkyl carbamates (subject to hydrolysis) is 1. The SMILES string of the molecule is CC(C)NC(=O)OC1COC(c2cc(Nc3cccc4c3CN(C(C)(C)C)S4(=O)=O)nn2C(C)(C)C)C1. The van der Waals surface area contributed by atoms with E-state index >= 15 is 0 Å². The second-order valence-electron chi connectivity index (χ2n) is 12.0. The number of carbonyl (C=O) groups excluding carboxylic acids is 1. The van der Waals surface area contributed by atoms with E-state index in [1.54, 1.807) is 12.1 Å². The fourth-order valence-corrected chi connectivity index (χ4v) is 6.70. The number of aromatic nitrogens is 2. The Morgan fingerprint density at radius 3 is 2.49 bits per heavy atom. The summed E-state index contributed by atoms with van der Waals surface area (Å²) in [7, 11) is -3.58. The number of anilines is 2. The van der Waals surface area contributed by atoms with Crippen molar-refractivity contribution in [3.05, 3.63) is 35.5 Å². The zero-order chi connectivity index (χ0) is 27.3. The van der Waals surface area contributed by atoms with Crippen molar-refractivity contribution in [3.8, 4) is 0 Å². The maximum atomic E-state index is 13.2. The van der Waals surface area contributed by atoms with Crippen molar-refractivity contribution >= 4 is 27.6 Å². The molecule has 204 valence electrons. The number of fused-ring (bicyclic) bond motifs is 1. The minimum Gasteiger partial charge on any atom is -0.444 e. The maximum Gasteiger partial charge on any atom is 0.407 e. The van der Waals surface area contributed by atoms with Gasteiger partial charge in [-0.15, -0.1) is 0 Å². The average molecular weight is 534 g/mol. The summed E-state index contributed by atoms with van der Waals surface area (Å²) in [4.78, 5) is 12.4. The Kier molecular flexibility index (Phi) is 7.11. The van der Waals surface area contributed by atoms with Crippen LogP contribution in [0.1, 0.15) is 79.2 Å². The van der Waals surface area contributed by atoms with Crippen LogP contribution in [0, 0.1) is 0 Å². The van der Waals surface area contributed by atoms with Crippen LogP contribution in [-0.4, -0.2) is 52.9 Å². The third-order valence-electron chi connectivity index (χ3n) is 6.36. The highest BCUT2D eigenvalue weighted by atomic mass is 32.2. The highest BCUT2D eigenvalue weighted by molar-refractivity contribution is 7.89. The topological polar surface area (TPSA) is 115 Å². The van der Waals surface area contributed by atoms with Gasteiger partial charge in [-0.05, 0) is 67.5 Å². The summed E-state index contributed by atoms with van der Waals surface area (Å²) in [6.07, 6.45) is -0.577. The third kappa shape index (κ3) is 5.63. The number of amides is 1. The molecule has 1 amide bonds. The molecule has 2 aromatic rings. The first kappa shape index (κ1) is 27.4. The van der Waals surface area contributed by atoms with Gasteiger partial charge in [-0.3, -0.25) is 4.68 Å². The lowest BCUT2D eigenvalue weighted by molar-refractivity contribution is 0.0657. The molecule has 0 saturated carbocycles. The fraction of sp³-hybridized carbons (Fsp3) is 0.615. The molecule has 0 aliphatic carbocycles. The van der Waals surface area contributed by atoms with Crippen LogP contribution in [0.4, 0.5) is 16.3 Å². The van der Waals surface area contributed by atoms with Crippen molar-refractivity contribution in [2.75, 3.05) is 11.9 Å². The molecule has 10 nitrogen and oxygen atoms in total. The average Bonchev–Trinajstić information content (AvgIpc) is 3.43. The Morgan fingerprint density at radius 1 is 1.16 bits per heavy atom. The first-order valence-corrected chi connectivity index (χ1v) is 14.1. The van der Waals surface area contributed by atoms with Crippen LogP contribution in [0.5, 0.6) is 0 Å². The van der Waals surface area contributed by atoms with Gasteiger partial charge >= 0.3 is 6.09 Å². The number of rotatable bonds is 5. The predicted octanol–water partition coefficient (Wildman–Crippen LogP) is 4.65. The number of carbonyl (C=O) groups is 1. The molecular formula is C26H39N5O5S. The van der Waals surface area contributed by atoms with Crippen LogP contribution in [0.2, 0.25) is 0 Å². The van der Waals surface area contributed by atoms with Crippen molar-refractivity contribution in [1.82, 2.24) is 19.4 Å². The van der Waals surface area contributed by atoms with Crippen molar-refractivity contribution in [1.29, 1.82) is 0 Å². The summed E-state index contributed by atoms with van der Waals surface area (Å²) >= 11 is 0. The largest absolute Gasteiger partial charge is 0.444 e. The van der Waals surface area contributed by atoms with Gasteiger partial charge in [0.1, 0.15) is 12.2 Å². The summed E-state index contributed by atoms with van der Waals surface area (Å²) in [5, 5.41) is 10.9. The van der Waals surface area contributed by atoms with Gasteiger partial charge in [0.15, 0.2) is 5.82 Å². The molecule has 1 fully saturated rings. The van der Waals surface area contributed by atoms with E-state index in [2.05, 4.69) is 31.4 Å². The van der Waals surface area contributed by atoms with Crippen LogP contribution in [0.15, 0.2) is 29.2 Å². The number of sulfonamides is 1. The molecule has 37 heavy (non-hydrogen) atoms. The van der Waals surface area contributed by atoms with E-state index in [0.717, 1.165) is 11.3 Å². The minimum atomic E-state index is -3.58. The molecule has 1 aromatic heterocycles. The van der Waals surface area contributed by atoms with E-state index in [9.17, 15) is 13.2 Å². The van der Waals surface area contributed by atoms with E-state index in [1.807, 2.05) is 51.4 Å². The monoisotopic (exact) mass is 533 g/mol. The second-order valence-corrected chi connectivity index (χ2v) is 13.8. The molecule has 0 spiro atoms. The van der Waals surface area contributed by atoms with Gasteiger partial charge in [0.2, 0.25) is 10.0 Å². The van der Waals surface area contributed by atoms with E-state index in [4.69, 9.17) is 14.6 Å². The molecule has 2 atom stereocenters. The van der Waals surface area contributed by atoms with Gasteiger partial charge < -0.3 is 20.1 Å². The summed E-state index contributed by atoms with van der Waals surface area (Å²) in [6, 6.07) is 7.20. The van der Waals surface area contributed by atoms with Crippen molar-refractivity contribution in [2.45, 2.75) is 103 Å². The van der Waals surface area contributed by atoms with E-state index in [0.29, 0.717) is 36.0 Å². The highest BCUT2D eigenvalue weighted by Gasteiger charge is 2.42. The van der Waals surface area contributed by atoms with Gasteiger partial charge in [0.05, 0.1) is 22.7 Å². The van der Waals surface area contributed by atoms with Crippen LogP contribution in [-0.2, 0) is 31.6 Å². The van der Waals surface area contributed by atoms with Crippen LogP contribution in [0.3, 0.4) is 0 Å². The maximum absolute atomic E-state index is 13.2. The Bertz CT molecular complexity index is 1270. The van der Waals surface area contributed by atoms with Crippen molar-refractivity contribution < 1.29 is 22.7 Å². The predicted molar refractivity (Wildman–Crippen MR) is 141 cm³/mol. The summed E-state index contributed by atoms with van der Waals surface area (Å²) in [5.74, 6) is 0.593. The molecule has 0 bridgehead atoms. The number of nitrogens with one attached hydrogen (secondary N) is 2. The van der Waals surface area contributed by atoms with Gasteiger partial charge in [-0.25, -0.2) is 13.2 Å². The molecule has 1 saturated heterocycles. The van der Waals surface area contributed by atoms with Gasteiger partial charge in [-0.2, -0.15) is 9.40 Å². The van der Waals surface area contributed by atoms with E-state index in [-0.39, 0.29) is 23.8 Å². The molecule has 2 aliphatic heterocycles. The zero-order valence-corrected chi connectivity index (χ0v) is 23.8. The van der Waals surface area contributed by atoms with Gasteiger partial charge in [0.25, 0.3) is 0 Å². The normalized spacial score (nSPS) is 21.8. The Balaban J connectivity index is 1.59. The lowest BCUT2D eigenvalue weighted by Gasteiger charge is -2.29. The highest BCUT2D eigenvalue weighted by Crippen LogP contribution is 2.40. The minimum absolute atomic E-state index is 0.00789. The molecule has 2 N–H and O–H groups in total. The van der Waals surface area contributed by atoms with Gasteiger partial charge in [-0.1, -0.05) is 6.07 Å². The summed E-state index contributed by atoms with van der Waals surface area (Å²) in [6.45, 7) is 16.2. The van der Waals surface area contributed by atoms with Crippen molar-refractivity contribution in [2.24, 2.45) is 0 Å². The Morgan fingerprint density at radius 2 is 1.86 bits per heavy atom. The number of hydrogen-bond acceptors (Lipinski definition) is 7. The van der Waals surface area contributed by atoms with Crippen LogP contribution >= 0.6 is 0 Å². The molecule has 2 unspecified atom stereocenters. The molecule has 2 aliphatic rings. The first-order valence-electron chi connectivity index (χ1n) is 12.7. The molecular weight excluding hydrogens is 494 g/mol. The van der Waals surface area contributed by atoms with Crippen LogP contribution < -0.4 is 10.6 Å². The molecule has 4 rings (SSSR count). The quantitative estimate of drug-likeness (QED) is 0.575. The van der Waals surface area contributed by atoms with Crippen molar-refractivity contribution in [3.63, 3.8) is 0 Å². The van der Waals surface area contributed by atoms with E-state index in [1.165, 1.54) is 4.31 Å². The van der Waals surface area contributed by atoms with Crippen LogP contribution in [0.25, 0.3) is 0 Å². The Hall–Kier alpha value is -2.63.